The number of nitrogens with one attached hydrogen (secondary N) is 1. The lowest BCUT2D eigenvalue weighted by molar-refractivity contribution is 0.0699. The standard InChI is InChI=1S/C11H9ClN2O2/c12-6-3-7(11(15)16)9-8(4-6)13-10(14-9)5-1-2-5/h3-5H,1-2H2,(H,13,14)(H,15,16). The number of aromatic carboxylic acids is 1. The van der Waals surface area contributed by atoms with Gasteiger partial charge in [-0.25, -0.2) is 9.78 Å². The summed E-state index contributed by atoms with van der Waals surface area (Å²) in [5.41, 5.74) is 1.36. The van der Waals surface area contributed by atoms with Gasteiger partial charge in [-0.15, -0.1) is 0 Å². The highest BCUT2D eigenvalue weighted by Gasteiger charge is 2.27. The number of hydrogen-bond acceptors (Lipinski definition) is 2. The third kappa shape index (κ3) is 1.46. The molecule has 1 aromatic carbocycles. The molecule has 1 heterocycles. The molecule has 3 rings (SSSR count). The molecule has 1 aliphatic rings. The first-order valence-corrected chi connectivity index (χ1v) is 5.45. The third-order valence-electron chi connectivity index (χ3n) is 2.76. The highest BCUT2D eigenvalue weighted by molar-refractivity contribution is 6.31. The van der Waals surface area contributed by atoms with Crippen molar-refractivity contribution in [1.82, 2.24) is 9.97 Å². The van der Waals surface area contributed by atoms with E-state index in [0.29, 0.717) is 22.0 Å². The predicted octanol–water partition coefficient (Wildman–Crippen LogP) is 2.79. The summed E-state index contributed by atoms with van der Waals surface area (Å²) in [6, 6.07) is 3.14. The van der Waals surface area contributed by atoms with Gasteiger partial charge in [0.2, 0.25) is 0 Å². The molecule has 1 aromatic heterocycles. The quantitative estimate of drug-likeness (QED) is 0.843. The van der Waals surface area contributed by atoms with Crippen molar-refractivity contribution in [3.63, 3.8) is 0 Å². The summed E-state index contributed by atoms with van der Waals surface area (Å²) in [6.45, 7) is 0. The van der Waals surface area contributed by atoms with Crippen LogP contribution in [0.15, 0.2) is 12.1 Å². The number of carboxylic acid groups (broad SMARTS) is 1. The molecule has 1 aliphatic carbocycles. The number of carboxylic acids is 1. The van der Waals surface area contributed by atoms with Crippen molar-refractivity contribution in [2.75, 3.05) is 0 Å². The van der Waals surface area contributed by atoms with Gasteiger partial charge in [-0.1, -0.05) is 11.6 Å². The molecule has 2 N–H and O–H groups in total. The minimum absolute atomic E-state index is 0.158. The largest absolute Gasteiger partial charge is 0.478 e. The number of nitrogens with zero attached hydrogens (tertiary/aromatic N) is 1. The molecular weight excluding hydrogens is 228 g/mol. The molecule has 0 aliphatic heterocycles. The van der Waals surface area contributed by atoms with Crippen molar-refractivity contribution in [2.24, 2.45) is 0 Å². The fourth-order valence-corrected chi connectivity index (χ4v) is 2.03. The highest BCUT2D eigenvalue weighted by Crippen LogP contribution is 2.39. The van der Waals surface area contributed by atoms with E-state index in [4.69, 9.17) is 16.7 Å². The van der Waals surface area contributed by atoms with E-state index < -0.39 is 5.97 Å². The molecule has 4 nitrogen and oxygen atoms in total. The number of benzene rings is 1. The lowest BCUT2D eigenvalue weighted by atomic mass is 10.2. The van der Waals surface area contributed by atoms with Crippen LogP contribution in [0.5, 0.6) is 0 Å². The Balaban J connectivity index is 2.27. The minimum atomic E-state index is -0.999. The molecule has 1 fully saturated rings. The van der Waals surface area contributed by atoms with E-state index in [1.165, 1.54) is 6.07 Å². The Morgan fingerprint density at radius 2 is 2.25 bits per heavy atom. The van der Waals surface area contributed by atoms with Crippen molar-refractivity contribution in [2.45, 2.75) is 18.8 Å². The zero-order valence-corrected chi connectivity index (χ0v) is 9.08. The number of rotatable bonds is 2. The van der Waals surface area contributed by atoms with E-state index >= 15 is 0 Å². The van der Waals surface area contributed by atoms with Gasteiger partial charge < -0.3 is 10.1 Å². The van der Waals surface area contributed by atoms with Gasteiger partial charge in [0, 0.05) is 10.9 Å². The first-order valence-electron chi connectivity index (χ1n) is 5.07. The van der Waals surface area contributed by atoms with Crippen molar-refractivity contribution in [1.29, 1.82) is 0 Å². The predicted molar refractivity (Wildman–Crippen MR) is 60.0 cm³/mol. The van der Waals surface area contributed by atoms with Gasteiger partial charge in [0.15, 0.2) is 0 Å². The summed E-state index contributed by atoms with van der Waals surface area (Å²) >= 11 is 5.86. The second-order valence-electron chi connectivity index (χ2n) is 4.05. The van der Waals surface area contributed by atoms with Crippen molar-refractivity contribution >= 4 is 28.6 Å². The fourth-order valence-electron chi connectivity index (χ4n) is 1.81. The second-order valence-corrected chi connectivity index (χ2v) is 4.49. The molecular formula is C11H9ClN2O2. The van der Waals surface area contributed by atoms with Crippen LogP contribution < -0.4 is 0 Å². The lowest BCUT2D eigenvalue weighted by Crippen LogP contribution is -1.97. The fraction of sp³-hybridized carbons (Fsp3) is 0.273. The Bertz CT molecular complexity index is 587. The van der Waals surface area contributed by atoms with Gasteiger partial charge in [-0.05, 0) is 25.0 Å². The van der Waals surface area contributed by atoms with Crippen LogP contribution >= 0.6 is 11.6 Å². The highest BCUT2D eigenvalue weighted by atomic mass is 35.5. The molecule has 82 valence electrons. The number of imidazole rings is 1. The van der Waals surface area contributed by atoms with Crippen LogP contribution in [0.3, 0.4) is 0 Å². The molecule has 0 unspecified atom stereocenters. The van der Waals surface area contributed by atoms with Crippen LogP contribution in [0.4, 0.5) is 0 Å². The zero-order valence-electron chi connectivity index (χ0n) is 8.33. The second kappa shape index (κ2) is 3.22. The number of aromatic nitrogens is 2. The molecule has 16 heavy (non-hydrogen) atoms. The van der Waals surface area contributed by atoms with Crippen molar-refractivity contribution in [3.8, 4) is 0 Å². The summed E-state index contributed by atoms with van der Waals surface area (Å²) in [7, 11) is 0. The molecule has 1 saturated carbocycles. The lowest BCUT2D eigenvalue weighted by Gasteiger charge is -1.96. The summed E-state index contributed by atoms with van der Waals surface area (Å²) in [5, 5.41) is 9.47. The van der Waals surface area contributed by atoms with Gasteiger partial charge in [0.1, 0.15) is 11.3 Å². The normalized spacial score (nSPS) is 15.6. The van der Waals surface area contributed by atoms with Gasteiger partial charge in [0.25, 0.3) is 0 Å². The SMILES string of the molecule is O=C(O)c1cc(Cl)cc2[nH]c(C3CC3)nc12. The smallest absolute Gasteiger partial charge is 0.338 e. The number of fused-ring (bicyclic) bond motifs is 1. The van der Waals surface area contributed by atoms with Crippen molar-refractivity contribution < 1.29 is 9.90 Å². The van der Waals surface area contributed by atoms with Crippen LogP contribution in [0, 0.1) is 0 Å². The van der Waals surface area contributed by atoms with E-state index in [0.717, 1.165) is 18.7 Å². The Morgan fingerprint density at radius 1 is 1.50 bits per heavy atom. The van der Waals surface area contributed by atoms with E-state index in [1.807, 2.05) is 0 Å². The Labute approximate surface area is 96.3 Å². The molecule has 0 bridgehead atoms. The van der Waals surface area contributed by atoms with Crippen LogP contribution in [0.1, 0.15) is 34.9 Å². The average molecular weight is 237 g/mol. The van der Waals surface area contributed by atoms with E-state index in [-0.39, 0.29) is 5.56 Å². The summed E-state index contributed by atoms with van der Waals surface area (Å²) in [6.07, 6.45) is 2.24. The molecule has 0 amide bonds. The average Bonchev–Trinajstić information content (AvgIpc) is 2.98. The van der Waals surface area contributed by atoms with E-state index in [1.54, 1.807) is 6.07 Å². The Hall–Kier alpha value is -1.55. The first-order chi connectivity index (χ1) is 7.65. The molecule has 0 saturated heterocycles. The molecule has 0 spiro atoms. The number of H-pyrrole nitrogens is 1. The zero-order chi connectivity index (χ0) is 11.3. The molecule has 5 heteroatoms. The van der Waals surface area contributed by atoms with Crippen LogP contribution in [0.25, 0.3) is 11.0 Å². The maximum atomic E-state index is 11.0. The number of halogens is 1. The van der Waals surface area contributed by atoms with Gasteiger partial charge >= 0.3 is 5.97 Å². The molecule has 2 aromatic rings. The summed E-state index contributed by atoms with van der Waals surface area (Å²) in [5.74, 6) is 0.342. The van der Waals surface area contributed by atoms with Gasteiger partial charge in [-0.2, -0.15) is 0 Å². The van der Waals surface area contributed by atoms with Gasteiger partial charge in [0.05, 0.1) is 11.1 Å². The van der Waals surface area contributed by atoms with Crippen molar-refractivity contribution in [3.05, 3.63) is 28.5 Å². The number of carbonyl (C=O) groups is 1. The summed E-state index contributed by atoms with van der Waals surface area (Å²) < 4.78 is 0. The minimum Gasteiger partial charge on any atom is -0.478 e. The first kappa shape index (κ1) is 9.66. The molecule has 0 atom stereocenters. The topological polar surface area (TPSA) is 66.0 Å². The maximum absolute atomic E-state index is 11.0. The number of aromatic amines is 1. The Kier molecular flexibility index (Phi) is 1.94. The van der Waals surface area contributed by atoms with Crippen LogP contribution in [0.2, 0.25) is 5.02 Å². The Morgan fingerprint density at radius 3 is 2.88 bits per heavy atom. The van der Waals surface area contributed by atoms with E-state index in [2.05, 4.69) is 9.97 Å². The number of hydrogen-bond donors (Lipinski definition) is 2. The van der Waals surface area contributed by atoms with Crippen LogP contribution in [-0.2, 0) is 0 Å². The van der Waals surface area contributed by atoms with Gasteiger partial charge in [-0.3, -0.25) is 0 Å². The third-order valence-corrected chi connectivity index (χ3v) is 2.98. The van der Waals surface area contributed by atoms with E-state index in [9.17, 15) is 4.79 Å². The monoisotopic (exact) mass is 236 g/mol. The summed E-state index contributed by atoms with van der Waals surface area (Å²) in [4.78, 5) is 18.5. The molecule has 0 radical (unpaired) electrons. The maximum Gasteiger partial charge on any atom is 0.338 e. The van der Waals surface area contributed by atoms with Crippen LogP contribution in [-0.4, -0.2) is 21.0 Å².